The topological polar surface area (TPSA) is 307 Å². The third-order valence-corrected chi connectivity index (χ3v) is 15.2. The van der Waals surface area contributed by atoms with Crippen LogP contribution in [-0.2, 0) is 33.2 Å². The Morgan fingerprint density at radius 3 is 1.35 bits per heavy atom. The Morgan fingerprint density at radius 1 is 0.446 bits per heavy atom. The predicted molar refractivity (Wildman–Crippen MR) is 318 cm³/mol. The number of rotatable bonds is 45. The fourth-order valence-electron chi connectivity index (χ4n) is 10.0. The number of hydrogen-bond acceptors (Lipinski definition) is 18. The maximum absolute atomic E-state index is 13.3. The summed E-state index contributed by atoms with van der Waals surface area (Å²) < 4.78 is 34.2. The molecule has 17 atom stereocenters. The van der Waals surface area contributed by atoms with Gasteiger partial charge in [0.1, 0.15) is 73.2 Å². The van der Waals surface area contributed by atoms with Crippen LogP contribution in [0, 0.1) is 0 Å². The smallest absolute Gasteiger partial charge is 0.220 e. The highest BCUT2D eigenvalue weighted by Crippen LogP contribution is 2.33. The Morgan fingerprint density at radius 2 is 0.843 bits per heavy atom. The van der Waals surface area contributed by atoms with Crippen molar-refractivity contribution in [3.63, 3.8) is 0 Å². The van der Waals surface area contributed by atoms with E-state index in [1.165, 1.54) is 64.2 Å². The second kappa shape index (κ2) is 46.2. The molecule has 0 aromatic heterocycles. The van der Waals surface area contributed by atoms with Gasteiger partial charge in [0.05, 0.1) is 38.6 Å². The van der Waals surface area contributed by atoms with Crippen LogP contribution in [0.25, 0.3) is 0 Å². The Hall–Kier alpha value is -3.03. The Kier molecular flexibility index (Phi) is 41.3. The summed E-state index contributed by atoms with van der Waals surface area (Å²) in [6, 6.07) is -1.00. The third kappa shape index (κ3) is 29.5. The number of carbonyl (C=O) groups excluding carboxylic acids is 1. The van der Waals surface area contributed by atoms with Crippen molar-refractivity contribution in [3.05, 3.63) is 85.1 Å². The molecule has 0 radical (unpaired) electrons. The molecule has 478 valence electrons. The van der Waals surface area contributed by atoms with Crippen molar-refractivity contribution in [2.24, 2.45) is 0 Å². The second-order valence-corrected chi connectivity index (χ2v) is 22.1. The van der Waals surface area contributed by atoms with Gasteiger partial charge in [-0.05, 0) is 83.5 Å². The molecule has 1 amide bonds. The van der Waals surface area contributed by atoms with Crippen molar-refractivity contribution in [2.45, 2.75) is 285 Å². The molecule has 19 nitrogen and oxygen atoms in total. The summed E-state index contributed by atoms with van der Waals surface area (Å²) in [6.07, 6.45) is 30.0. The van der Waals surface area contributed by atoms with Crippen LogP contribution in [0.1, 0.15) is 181 Å². The van der Waals surface area contributed by atoms with E-state index in [2.05, 4.69) is 92.1 Å². The molecule has 3 fully saturated rings. The van der Waals surface area contributed by atoms with Gasteiger partial charge < -0.3 is 89.9 Å². The summed E-state index contributed by atoms with van der Waals surface area (Å²) in [5.74, 6) is -0.297. The number of nitrogens with one attached hydrogen (secondary N) is 1. The molecule has 0 aromatic carbocycles. The standard InChI is InChI=1S/C64H109NO18/c1-3-5-7-9-11-13-15-17-18-19-20-21-22-23-24-25-26-27-28-30-32-34-36-38-40-42-52(70)65-47(48(69)41-39-37-35-33-31-29-16-14-12-10-8-6-4-2)46-78-62-58(76)55(73)60(50(44-67)80-62)83-64-59(77)56(74)61(51(45-68)81-64)82-63-57(75)54(72)53(71)49(43-66)79-63/h5,7,11-14,17-18,20-21,31,33,39,41,47-51,53-64,66-69,71-77H,3-4,6,8-10,15-16,19,22-30,32,34-38,40,42-46H2,1-2H3,(H,65,70)/b7-5-,13-11-,14-12+,18-17-,21-20-,33-31+,41-39+. The molecule has 3 heterocycles. The number of unbranched alkanes of at least 4 members (excludes halogenated alkanes) is 17. The quantitative estimate of drug-likeness (QED) is 0.0233. The minimum Gasteiger partial charge on any atom is -0.394 e. The highest BCUT2D eigenvalue weighted by molar-refractivity contribution is 5.76. The molecule has 3 rings (SSSR count). The molecule has 83 heavy (non-hydrogen) atoms. The minimum atomic E-state index is -1.98. The molecule has 3 aliphatic rings. The monoisotopic (exact) mass is 1180 g/mol. The highest BCUT2D eigenvalue weighted by atomic mass is 16.8. The van der Waals surface area contributed by atoms with Crippen LogP contribution in [0.4, 0.5) is 0 Å². The largest absolute Gasteiger partial charge is 0.394 e. The van der Waals surface area contributed by atoms with Gasteiger partial charge >= 0.3 is 0 Å². The van der Waals surface area contributed by atoms with Crippen molar-refractivity contribution in [2.75, 3.05) is 26.4 Å². The van der Waals surface area contributed by atoms with E-state index in [-0.39, 0.29) is 18.9 Å². The van der Waals surface area contributed by atoms with Crippen molar-refractivity contribution < 1.29 is 89.4 Å². The van der Waals surface area contributed by atoms with Gasteiger partial charge in [0, 0.05) is 6.42 Å². The van der Waals surface area contributed by atoms with E-state index in [1.807, 2.05) is 6.08 Å². The summed E-state index contributed by atoms with van der Waals surface area (Å²) in [6.45, 7) is 1.53. The van der Waals surface area contributed by atoms with Crippen LogP contribution in [-0.4, -0.2) is 193 Å². The number of aliphatic hydroxyl groups excluding tert-OH is 11. The van der Waals surface area contributed by atoms with Gasteiger partial charge in [0.15, 0.2) is 18.9 Å². The minimum absolute atomic E-state index is 0.225. The maximum Gasteiger partial charge on any atom is 0.220 e. The molecule has 0 aliphatic carbocycles. The first-order valence-electron chi connectivity index (χ1n) is 31.3. The molecular weight excluding hydrogens is 1070 g/mol. The van der Waals surface area contributed by atoms with Gasteiger partial charge in [-0.25, -0.2) is 0 Å². The first kappa shape index (κ1) is 74.2. The average molecular weight is 1180 g/mol. The summed E-state index contributed by atoms with van der Waals surface area (Å²) in [5.41, 5.74) is 0. The van der Waals surface area contributed by atoms with Gasteiger partial charge in [0.25, 0.3) is 0 Å². The summed E-state index contributed by atoms with van der Waals surface area (Å²) in [7, 11) is 0. The zero-order valence-electron chi connectivity index (χ0n) is 49.9. The van der Waals surface area contributed by atoms with E-state index in [1.54, 1.807) is 6.08 Å². The average Bonchev–Trinajstić information content (AvgIpc) is 3.57. The van der Waals surface area contributed by atoms with E-state index in [9.17, 15) is 61.0 Å². The van der Waals surface area contributed by atoms with Crippen molar-refractivity contribution in [1.82, 2.24) is 5.32 Å². The van der Waals surface area contributed by atoms with Crippen LogP contribution in [0.3, 0.4) is 0 Å². The SMILES string of the molecule is CC/C=C\C/C=C\C/C=C\C/C=C\CCCCCCCCCCCCCCC(=O)NC(COC1OC(CO)C(OC2OC(CO)C(OC3OC(CO)C(O)C(O)C3O)C(O)C2O)C(O)C1O)C(O)/C=C/CC/C=C/CC/C=C/CCCCC. The number of ether oxygens (including phenoxy) is 6. The Balaban J connectivity index is 1.46. The van der Waals surface area contributed by atoms with E-state index in [0.29, 0.717) is 12.8 Å². The summed E-state index contributed by atoms with van der Waals surface area (Å²) in [4.78, 5) is 13.3. The first-order chi connectivity index (χ1) is 40.3. The maximum atomic E-state index is 13.3. The molecule has 19 heteroatoms. The lowest BCUT2D eigenvalue weighted by atomic mass is 9.96. The van der Waals surface area contributed by atoms with Gasteiger partial charge in [-0.15, -0.1) is 0 Å². The lowest BCUT2D eigenvalue weighted by molar-refractivity contribution is -0.379. The fourth-order valence-corrected chi connectivity index (χ4v) is 10.0. The van der Waals surface area contributed by atoms with E-state index in [4.69, 9.17) is 28.4 Å². The number of aliphatic hydroxyl groups is 11. The Labute approximate surface area is 495 Å². The fraction of sp³-hybridized carbons (Fsp3) is 0.766. The highest BCUT2D eigenvalue weighted by Gasteiger charge is 2.53. The lowest BCUT2D eigenvalue weighted by Crippen LogP contribution is -2.66. The van der Waals surface area contributed by atoms with Gasteiger partial charge in [-0.1, -0.05) is 176 Å². The van der Waals surface area contributed by atoms with Gasteiger partial charge in [-0.3, -0.25) is 4.79 Å². The van der Waals surface area contributed by atoms with Crippen LogP contribution in [0.15, 0.2) is 85.1 Å². The molecule has 3 saturated heterocycles. The Bertz CT molecular complexity index is 1840. The van der Waals surface area contributed by atoms with Crippen LogP contribution in [0.5, 0.6) is 0 Å². The molecule has 17 unspecified atom stereocenters. The predicted octanol–water partition coefficient (Wildman–Crippen LogP) is 6.37. The van der Waals surface area contributed by atoms with E-state index < -0.39 is 124 Å². The normalized spacial score (nSPS) is 30.0. The zero-order chi connectivity index (χ0) is 60.5. The molecule has 0 saturated carbocycles. The molecule has 0 bridgehead atoms. The van der Waals surface area contributed by atoms with Gasteiger partial charge in [-0.2, -0.15) is 0 Å². The number of carbonyl (C=O) groups is 1. The number of amides is 1. The number of allylic oxidation sites excluding steroid dienone is 13. The first-order valence-corrected chi connectivity index (χ1v) is 31.3. The lowest BCUT2D eigenvalue weighted by Gasteiger charge is -2.48. The van der Waals surface area contributed by atoms with Crippen LogP contribution >= 0.6 is 0 Å². The van der Waals surface area contributed by atoms with E-state index >= 15 is 0 Å². The zero-order valence-corrected chi connectivity index (χ0v) is 49.9. The molecule has 0 aromatic rings. The van der Waals surface area contributed by atoms with Crippen LogP contribution in [0.2, 0.25) is 0 Å². The molecule has 12 N–H and O–H groups in total. The van der Waals surface area contributed by atoms with Crippen molar-refractivity contribution >= 4 is 5.91 Å². The van der Waals surface area contributed by atoms with Crippen molar-refractivity contribution in [3.8, 4) is 0 Å². The van der Waals surface area contributed by atoms with Crippen LogP contribution < -0.4 is 5.32 Å². The molecule has 0 spiro atoms. The third-order valence-electron chi connectivity index (χ3n) is 15.2. The second-order valence-electron chi connectivity index (χ2n) is 22.1. The summed E-state index contributed by atoms with van der Waals surface area (Å²) in [5, 5.41) is 120. The molecular formula is C64H109NO18. The molecule has 3 aliphatic heterocycles. The summed E-state index contributed by atoms with van der Waals surface area (Å²) >= 11 is 0. The van der Waals surface area contributed by atoms with Gasteiger partial charge in [0.2, 0.25) is 5.91 Å². The van der Waals surface area contributed by atoms with E-state index in [0.717, 1.165) is 83.5 Å². The van der Waals surface area contributed by atoms with Crippen molar-refractivity contribution in [1.29, 1.82) is 0 Å². The number of hydrogen-bond donors (Lipinski definition) is 12.